The van der Waals surface area contributed by atoms with Gasteiger partial charge in [-0.2, -0.15) is 0 Å². The molecule has 0 bridgehead atoms. The molecule has 1 heterocycles. The number of methoxy groups -OCH3 is 1. The van der Waals surface area contributed by atoms with Gasteiger partial charge in [0.15, 0.2) is 5.92 Å². The third-order valence-corrected chi connectivity index (χ3v) is 3.64. The van der Waals surface area contributed by atoms with Gasteiger partial charge in [0, 0.05) is 23.4 Å². The molecule has 0 aliphatic carbocycles. The van der Waals surface area contributed by atoms with E-state index in [-0.39, 0.29) is 25.2 Å². The summed E-state index contributed by atoms with van der Waals surface area (Å²) < 4.78 is 29.4. The highest BCUT2D eigenvalue weighted by molar-refractivity contribution is 5.96. The maximum atomic E-state index is 14.4. The fraction of sp³-hybridized carbons (Fsp3) is 0.389. The highest BCUT2D eigenvalue weighted by Crippen LogP contribution is 2.26. The van der Waals surface area contributed by atoms with Crippen LogP contribution in [0.3, 0.4) is 0 Å². The summed E-state index contributed by atoms with van der Waals surface area (Å²) in [5.41, 5.74) is 0.473. The Morgan fingerprint density at radius 3 is 2.24 bits per heavy atom. The van der Waals surface area contributed by atoms with E-state index in [1.165, 1.54) is 13.2 Å². The number of benzene rings is 1. The Kier molecular flexibility index (Phi) is 6.27. The zero-order valence-corrected chi connectivity index (χ0v) is 14.4. The molecule has 7 heteroatoms. The molecule has 0 spiro atoms. The molecule has 1 aromatic carbocycles. The predicted molar refractivity (Wildman–Crippen MR) is 88.7 cm³/mol. The van der Waals surface area contributed by atoms with Gasteiger partial charge in [0.25, 0.3) is 0 Å². The SMILES string of the molecule is CCOC(=O)C(Cc1c(F)ccc2ccc(OC)nc12)C(=O)OCC. The molecule has 134 valence electrons. The van der Waals surface area contributed by atoms with Crippen LogP contribution in [-0.2, 0) is 25.5 Å². The van der Waals surface area contributed by atoms with E-state index in [1.807, 2.05) is 0 Å². The van der Waals surface area contributed by atoms with Gasteiger partial charge in [-0.15, -0.1) is 0 Å². The molecule has 0 atom stereocenters. The molecule has 0 saturated heterocycles. The number of carbonyl (C=O) groups is 2. The number of pyridine rings is 1. The second-order valence-electron chi connectivity index (χ2n) is 5.21. The van der Waals surface area contributed by atoms with Crippen molar-refractivity contribution in [2.45, 2.75) is 20.3 Å². The molecule has 0 saturated carbocycles. The van der Waals surface area contributed by atoms with Crippen LogP contribution in [0.5, 0.6) is 5.88 Å². The highest BCUT2D eigenvalue weighted by atomic mass is 19.1. The van der Waals surface area contributed by atoms with E-state index in [9.17, 15) is 14.0 Å². The molecule has 1 aromatic heterocycles. The van der Waals surface area contributed by atoms with E-state index in [1.54, 1.807) is 32.0 Å². The van der Waals surface area contributed by atoms with E-state index in [0.29, 0.717) is 16.8 Å². The Morgan fingerprint density at radius 1 is 1.08 bits per heavy atom. The zero-order chi connectivity index (χ0) is 18.4. The summed E-state index contributed by atoms with van der Waals surface area (Å²) in [5.74, 6) is -3.01. The molecular weight excluding hydrogens is 329 g/mol. The lowest BCUT2D eigenvalue weighted by Crippen LogP contribution is -2.30. The highest BCUT2D eigenvalue weighted by Gasteiger charge is 2.31. The lowest BCUT2D eigenvalue weighted by atomic mass is 9.96. The van der Waals surface area contributed by atoms with E-state index in [0.717, 1.165) is 0 Å². The lowest BCUT2D eigenvalue weighted by molar-refractivity contribution is -0.161. The largest absolute Gasteiger partial charge is 0.481 e. The average molecular weight is 349 g/mol. The van der Waals surface area contributed by atoms with Crippen molar-refractivity contribution < 1.29 is 28.2 Å². The molecule has 0 aliphatic rings. The van der Waals surface area contributed by atoms with Gasteiger partial charge >= 0.3 is 11.9 Å². The van der Waals surface area contributed by atoms with Gasteiger partial charge < -0.3 is 14.2 Å². The van der Waals surface area contributed by atoms with Crippen molar-refractivity contribution in [1.82, 2.24) is 4.98 Å². The number of hydrogen-bond donors (Lipinski definition) is 0. The molecular formula is C18H20FNO5. The summed E-state index contributed by atoms with van der Waals surface area (Å²) in [4.78, 5) is 28.5. The van der Waals surface area contributed by atoms with Crippen molar-refractivity contribution in [3.05, 3.63) is 35.6 Å². The van der Waals surface area contributed by atoms with Crippen molar-refractivity contribution in [3.8, 4) is 5.88 Å². The number of fused-ring (bicyclic) bond motifs is 1. The minimum Gasteiger partial charge on any atom is -0.481 e. The molecule has 0 unspecified atom stereocenters. The second kappa shape index (κ2) is 8.41. The quantitative estimate of drug-likeness (QED) is 0.565. The fourth-order valence-corrected chi connectivity index (χ4v) is 2.47. The van der Waals surface area contributed by atoms with Crippen LogP contribution >= 0.6 is 0 Å². The fourth-order valence-electron chi connectivity index (χ4n) is 2.47. The molecule has 0 N–H and O–H groups in total. The van der Waals surface area contributed by atoms with E-state index < -0.39 is 23.7 Å². The first-order valence-electron chi connectivity index (χ1n) is 7.97. The van der Waals surface area contributed by atoms with Crippen molar-refractivity contribution >= 4 is 22.8 Å². The van der Waals surface area contributed by atoms with Gasteiger partial charge in [0.05, 0.1) is 25.8 Å². The molecule has 25 heavy (non-hydrogen) atoms. The van der Waals surface area contributed by atoms with Gasteiger partial charge in [-0.1, -0.05) is 0 Å². The van der Waals surface area contributed by atoms with Crippen LogP contribution in [0.2, 0.25) is 0 Å². The van der Waals surface area contributed by atoms with Crippen molar-refractivity contribution in [2.24, 2.45) is 5.92 Å². The number of nitrogens with zero attached hydrogens (tertiary/aromatic N) is 1. The van der Waals surface area contributed by atoms with E-state index in [4.69, 9.17) is 14.2 Å². The predicted octanol–water partition coefficient (Wildman–Crippen LogP) is 2.67. The maximum absolute atomic E-state index is 14.4. The number of esters is 2. The van der Waals surface area contributed by atoms with Crippen molar-refractivity contribution in [1.29, 1.82) is 0 Å². The first-order chi connectivity index (χ1) is 12.0. The summed E-state index contributed by atoms with van der Waals surface area (Å²) in [7, 11) is 1.45. The average Bonchev–Trinajstić information content (AvgIpc) is 2.60. The van der Waals surface area contributed by atoms with Crippen LogP contribution in [0.1, 0.15) is 19.4 Å². The zero-order valence-electron chi connectivity index (χ0n) is 14.4. The third kappa shape index (κ3) is 4.23. The normalized spacial score (nSPS) is 10.8. The third-order valence-electron chi connectivity index (χ3n) is 3.64. The second-order valence-corrected chi connectivity index (χ2v) is 5.21. The molecule has 2 aromatic rings. The van der Waals surface area contributed by atoms with Crippen LogP contribution in [-0.4, -0.2) is 37.2 Å². The smallest absolute Gasteiger partial charge is 0.320 e. The standard InChI is InChI=1S/C18H20FNO5/c1-4-24-17(21)13(18(22)25-5-2)10-12-14(19)8-6-11-7-9-15(23-3)20-16(11)12/h6-9,13H,4-5,10H2,1-3H3. The Morgan fingerprint density at radius 2 is 1.68 bits per heavy atom. The summed E-state index contributed by atoms with van der Waals surface area (Å²) >= 11 is 0. The number of ether oxygens (including phenoxy) is 3. The summed E-state index contributed by atoms with van der Waals surface area (Å²) in [5, 5.41) is 0.670. The monoisotopic (exact) mass is 349 g/mol. The minimum absolute atomic E-state index is 0.110. The van der Waals surface area contributed by atoms with Crippen molar-refractivity contribution in [3.63, 3.8) is 0 Å². The molecule has 0 radical (unpaired) electrons. The van der Waals surface area contributed by atoms with E-state index in [2.05, 4.69) is 4.98 Å². The lowest BCUT2D eigenvalue weighted by Gasteiger charge is -2.16. The van der Waals surface area contributed by atoms with Gasteiger partial charge in [-0.25, -0.2) is 9.37 Å². The molecule has 2 rings (SSSR count). The maximum Gasteiger partial charge on any atom is 0.320 e. The van der Waals surface area contributed by atoms with Crippen LogP contribution in [0, 0.1) is 11.7 Å². The van der Waals surface area contributed by atoms with Crippen molar-refractivity contribution in [2.75, 3.05) is 20.3 Å². The van der Waals surface area contributed by atoms with Gasteiger partial charge in [-0.05, 0) is 32.0 Å². The number of carbonyl (C=O) groups excluding carboxylic acids is 2. The number of rotatable bonds is 7. The molecule has 0 amide bonds. The number of aromatic nitrogens is 1. The van der Waals surface area contributed by atoms with Crippen LogP contribution in [0.25, 0.3) is 10.9 Å². The molecule has 6 nitrogen and oxygen atoms in total. The first-order valence-corrected chi connectivity index (χ1v) is 7.97. The van der Waals surface area contributed by atoms with Gasteiger partial charge in [0.1, 0.15) is 5.82 Å². The Balaban J connectivity index is 2.48. The summed E-state index contributed by atoms with van der Waals surface area (Å²) in [6, 6.07) is 6.23. The van der Waals surface area contributed by atoms with Crippen LogP contribution in [0.15, 0.2) is 24.3 Å². The van der Waals surface area contributed by atoms with Gasteiger partial charge in [0.2, 0.25) is 5.88 Å². The van der Waals surface area contributed by atoms with E-state index >= 15 is 0 Å². The van der Waals surface area contributed by atoms with Crippen LogP contribution in [0.4, 0.5) is 4.39 Å². The topological polar surface area (TPSA) is 74.7 Å². The van der Waals surface area contributed by atoms with Gasteiger partial charge in [-0.3, -0.25) is 9.59 Å². The molecule has 0 fully saturated rings. The first kappa shape index (κ1) is 18.6. The number of halogens is 1. The number of hydrogen-bond acceptors (Lipinski definition) is 6. The Bertz CT molecular complexity index is 759. The van der Waals surface area contributed by atoms with Crippen LogP contribution < -0.4 is 4.74 Å². The Hall–Kier alpha value is -2.70. The Labute approximate surface area is 144 Å². The molecule has 0 aliphatic heterocycles. The minimum atomic E-state index is -1.26. The summed E-state index contributed by atoms with van der Waals surface area (Å²) in [6.45, 7) is 3.48. The summed E-state index contributed by atoms with van der Waals surface area (Å²) in [6.07, 6.45) is -0.207.